The molecular weight excluding hydrogens is 340 g/mol. The van der Waals surface area contributed by atoms with Gasteiger partial charge < -0.3 is 25.2 Å². The van der Waals surface area contributed by atoms with E-state index in [9.17, 15) is 30.0 Å². The van der Waals surface area contributed by atoms with E-state index in [2.05, 4.69) is 0 Å². The average molecular weight is 358 g/mol. The maximum absolute atomic E-state index is 13.2. The average Bonchev–Trinajstić information content (AvgIpc) is 3.38. The van der Waals surface area contributed by atoms with Crippen molar-refractivity contribution in [2.75, 3.05) is 0 Å². The van der Waals surface area contributed by atoms with Crippen LogP contribution in [0.4, 0.5) is 0 Å². The number of aromatic hydroxyl groups is 1. The lowest BCUT2D eigenvalue weighted by Gasteiger charge is -2.47. The SMILES string of the molecule is C[C@@H]1CC(=O)C2=C([C@H]1O)[C@H]1O[C@H]1[C@]1(O)[C@H]2C(=O)c2cccc(O)c2[C@@H]1O. The molecule has 0 amide bonds. The number of ketones is 2. The Morgan fingerprint density at radius 1 is 1.23 bits per heavy atom. The van der Waals surface area contributed by atoms with Crippen LogP contribution in [0.2, 0.25) is 0 Å². The van der Waals surface area contributed by atoms with E-state index in [0.717, 1.165) is 0 Å². The minimum Gasteiger partial charge on any atom is -0.508 e. The second-order valence-electron chi connectivity index (χ2n) is 7.72. The van der Waals surface area contributed by atoms with Crippen LogP contribution in [0.3, 0.4) is 0 Å². The van der Waals surface area contributed by atoms with Gasteiger partial charge in [0.05, 0.1) is 12.0 Å². The molecule has 1 heterocycles. The molecule has 0 aromatic heterocycles. The van der Waals surface area contributed by atoms with E-state index >= 15 is 0 Å². The van der Waals surface area contributed by atoms with Crippen LogP contribution in [-0.4, -0.2) is 55.9 Å². The molecule has 7 heteroatoms. The lowest BCUT2D eigenvalue weighted by molar-refractivity contribution is -0.131. The smallest absolute Gasteiger partial charge is 0.174 e. The van der Waals surface area contributed by atoms with Gasteiger partial charge in [-0.3, -0.25) is 9.59 Å². The van der Waals surface area contributed by atoms with E-state index in [1.165, 1.54) is 18.2 Å². The van der Waals surface area contributed by atoms with Gasteiger partial charge in [-0.05, 0) is 17.6 Å². The number of epoxide rings is 1. The molecule has 136 valence electrons. The highest BCUT2D eigenvalue weighted by molar-refractivity contribution is 6.12. The topological polar surface area (TPSA) is 128 Å². The summed E-state index contributed by atoms with van der Waals surface area (Å²) >= 11 is 0. The molecule has 1 aromatic carbocycles. The van der Waals surface area contributed by atoms with Crippen molar-refractivity contribution in [3.63, 3.8) is 0 Å². The van der Waals surface area contributed by atoms with Gasteiger partial charge >= 0.3 is 0 Å². The van der Waals surface area contributed by atoms with Gasteiger partial charge in [0.15, 0.2) is 11.6 Å². The highest BCUT2D eigenvalue weighted by atomic mass is 16.6. The first-order chi connectivity index (χ1) is 12.3. The molecule has 4 aliphatic rings. The van der Waals surface area contributed by atoms with Crippen LogP contribution in [0.1, 0.15) is 35.4 Å². The zero-order valence-electron chi connectivity index (χ0n) is 13.9. The van der Waals surface area contributed by atoms with Crippen LogP contribution in [-0.2, 0) is 9.53 Å². The number of rotatable bonds is 0. The standard InChI is InChI=1S/C19H18O7/c1-6-5-9(21)11-12(14(6)22)16-18(26-16)19(25)13(11)15(23)7-3-2-4-8(20)10(7)17(19)24/h2-4,6,13-14,16-18,20,22,24-25H,5H2,1H3/t6-,13-,14+,16-,17+,18-,19+/m1/s1. The lowest BCUT2D eigenvalue weighted by Crippen LogP contribution is -2.60. The molecule has 1 fully saturated rings. The van der Waals surface area contributed by atoms with Crippen molar-refractivity contribution in [2.24, 2.45) is 11.8 Å². The molecule has 1 aromatic rings. The molecule has 7 nitrogen and oxygen atoms in total. The van der Waals surface area contributed by atoms with Gasteiger partial charge in [-0.25, -0.2) is 0 Å². The predicted octanol–water partition coefficient (Wildman–Crippen LogP) is 0.0166. The molecule has 5 rings (SSSR count). The summed E-state index contributed by atoms with van der Waals surface area (Å²) in [6, 6.07) is 4.25. The Morgan fingerprint density at radius 3 is 2.69 bits per heavy atom. The molecule has 1 saturated heterocycles. The second kappa shape index (κ2) is 4.80. The van der Waals surface area contributed by atoms with Crippen molar-refractivity contribution < 1.29 is 34.8 Å². The fourth-order valence-corrected chi connectivity index (χ4v) is 4.98. The van der Waals surface area contributed by atoms with Crippen molar-refractivity contribution in [1.82, 2.24) is 0 Å². The molecule has 4 N–H and O–H groups in total. The summed E-state index contributed by atoms with van der Waals surface area (Å²) < 4.78 is 5.55. The van der Waals surface area contributed by atoms with Crippen LogP contribution >= 0.6 is 0 Å². The summed E-state index contributed by atoms with van der Waals surface area (Å²) in [5.74, 6) is -2.80. The molecule has 7 atom stereocenters. The fourth-order valence-electron chi connectivity index (χ4n) is 4.98. The molecule has 3 aliphatic carbocycles. The Labute approximate surface area is 148 Å². The van der Waals surface area contributed by atoms with Crippen LogP contribution in [0.25, 0.3) is 0 Å². The monoisotopic (exact) mass is 358 g/mol. The Balaban J connectivity index is 1.79. The van der Waals surface area contributed by atoms with Gasteiger partial charge in [0, 0.05) is 23.1 Å². The number of hydrogen-bond acceptors (Lipinski definition) is 7. The van der Waals surface area contributed by atoms with Crippen molar-refractivity contribution in [3.05, 3.63) is 40.5 Å². The molecule has 26 heavy (non-hydrogen) atoms. The third-order valence-electron chi connectivity index (χ3n) is 6.30. The van der Waals surface area contributed by atoms with E-state index in [0.29, 0.717) is 5.57 Å². The largest absolute Gasteiger partial charge is 0.508 e. The van der Waals surface area contributed by atoms with E-state index in [1.54, 1.807) is 6.92 Å². The zero-order valence-corrected chi connectivity index (χ0v) is 13.9. The first kappa shape index (κ1) is 16.1. The van der Waals surface area contributed by atoms with Crippen molar-refractivity contribution >= 4 is 11.6 Å². The first-order valence-electron chi connectivity index (χ1n) is 8.65. The van der Waals surface area contributed by atoms with E-state index in [1.807, 2.05) is 0 Å². The zero-order chi connectivity index (χ0) is 18.5. The maximum atomic E-state index is 13.2. The van der Waals surface area contributed by atoms with Gasteiger partial charge in [-0.1, -0.05) is 19.1 Å². The summed E-state index contributed by atoms with van der Waals surface area (Å²) in [6.07, 6.45) is -4.08. The number of fused-ring (bicyclic) bond motifs is 6. The number of phenolic OH excluding ortho intramolecular Hbond substituents is 1. The number of aliphatic hydroxyl groups excluding tert-OH is 2. The van der Waals surface area contributed by atoms with Gasteiger partial charge in [-0.2, -0.15) is 0 Å². The molecule has 0 spiro atoms. The van der Waals surface area contributed by atoms with E-state index in [4.69, 9.17) is 4.74 Å². The molecule has 0 radical (unpaired) electrons. The number of phenols is 1. The van der Waals surface area contributed by atoms with E-state index < -0.39 is 41.7 Å². The Hall–Kier alpha value is -2.06. The number of ether oxygens (including phenoxy) is 1. The summed E-state index contributed by atoms with van der Waals surface area (Å²) in [5, 5.41) is 42.9. The van der Waals surface area contributed by atoms with Crippen LogP contribution < -0.4 is 0 Å². The van der Waals surface area contributed by atoms with Crippen LogP contribution in [0, 0.1) is 11.8 Å². The van der Waals surface area contributed by atoms with Crippen LogP contribution in [0.15, 0.2) is 29.3 Å². The summed E-state index contributed by atoms with van der Waals surface area (Å²) in [5.41, 5.74) is -1.61. The Kier molecular flexibility index (Phi) is 2.98. The normalized spacial score (nSPS) is 43.4. The minimum atomic E-state index is -2.05. The van der Waals surface area contributed by atoms with Crippen molar-refractivity contribution in [2.45, 2.75) is 43.4 Å². The summed E-state index contributed by atoms with van der Waals surface area (Å²) in [4.78, 5) is 26.0. The fraction of sp³-hybridized carbons (Fsp3) is 0.474. The van der Waals surface area contributed by atoms with Crippen LogP contribution in [0.5, 0.6) is 5.75 Å². The quantitative estimate of drug-likeness (QED) is 0.481. The number of benzene rings is 1. The second-order valence-corrected chi connectivity index (χ2v) is 7.72. The highest BCUT2D eigenvalue weighted by Gasteiger charge is 2.72. The van der Waals surface area contributed by atoms with Gasteiger partial charge in [-0.15, -0.1) is 0 Å². The lowest BCUT2D eigenvalue weighted by atomic mass is 9.58. The number of carbonyl (C=O) groups excluding carboxylic acids is 2. The predicted molar refractivity (Wildman–Crippen MR) is 86.3 cm³/mol. The van der Waals surface area contributed by atoms with Crippen molar-refractivity contribution in [3.8, 4) is 5.75 Å². The first-order valence-corrected chi connectivity index (χ1v) is 8.65. The molecule has 0 unspecified atom stereocenters. The van der Waals surface area contributed by atoms with Gasteiger partial charge in [0.1, 0.15) is 29.7 Å². The van der Waals surface area contributed by atoms with Gasteiger partial charge in [0.25, 0.3) is 0 Å². The third-order valence-corrected chi connectivity index (χ3v) is 6.30. The molecule has 1 aliphatic heterocycles. The molecule has 0 bridgehead atoms. The Morgan fingerprint density at radius 2 is 1.96 bits per heavy atom. The minimum absolute atomic E-state index is 0.0493. The summed E-state index contributed by atoms with van der Waals surface area (Å²) in [7, 11) is 0. The third kappa shape index (κ3) is 1.67. The molecule has 0 saturated carbocycles. The van der Waals surface area contributed by atoms with E-state index in [-0.39, 0.29) is 40.6 Å². The van der Waals surface area contributed by atoms with Crippen molar-refractivity contribution in [1.29, 1.82) is 0 Å². The number of carbonyl (C=O) groups is 2. The number of aliphatic hydroxyl groups is 3. The Bertz CT molecular complexity index is 903. The number of hydrogen-bond donors (Lipinski definition) is 4. The highest BCUT2D eigenvalue weighted by Crippen LogP contribution is 2.60. The molecular formula is C19H18O7. The number of Topliss-reactive ketones (excluding diaryl/α,β-unsaturated/α-hetero) is 2. The maximum Gasteiger partial charge on any atom is 0.174 e. The van der Waals surface area contributed by atoms with Gasteiger partial charge in [0.2, 0.25) is 0 Å². The summed E-state index contributed by atoms with van der Waals surface area (Å²) in [6.45, 7) is 1.75.